The molecule has 0 aliphatic rings. The number of aryl methyl sites for hydroxylation is 1. The molecule has 0 saturated carbocycles. The molecule has 0 aliphatic heterocycles. The van der Waals surface area contributed by atoms with Crippen LogP contribution in [0.15, 0.2) is 55.0 Å². The number of nitrogens with zero attached hydrogens (tertiary/aromatic N) is 6. The van der Waals surface area contributed by atoms with Gasteiger partial charge in [0, 0.05) is 31.7 Å². The highest BCUT2D eigenvalue weighted by Crippen LogP contribution is 2.29. The van der Waals surface area contributed by atoms with Crippen molar-refractivity contribution in [2.45, 2.75) is 20.0 Å². The number of fused-ring (bicyclic) bond motifs is 1. The van der Waals surface area contributed by atoms with Gasteiger partial charge in [-0.2, -0.15) is 10.2 Å². The molecule has 0 aliphatic carbocycles. The van der Waals surface area contributed by atoms with Crippen molar-refractivity contribution in [3.63, 3.8) is 0 Å². The first kappa shape index (κ1) is 16.5. The number of amides is 1. The van der Waals surface area contributed by atoms with Gasteiger partial charge in [0.1, 0.15) is 5.69 Å². The van der Waals surface area contributed by atoms with Gasteiger partial charge in [0.25, 0.3) is 5.91 Å². The molecule has 0 radical (unpaired) electrons. The van der Waals surface area contributed by atoms with Gasteiger partial charge in [0.2, 0.25) is 0 Å². The number of benzene rings is 1. The zero-order valence-corrected chi connectivity index (χ0v) is 15.1. The van der Waals surface area contributed by atoms with E-state index in [-0.39, 0.29) is 5.91 Å². The normalized spacial score (nSPS) is 11.1. The van der Waals surface area contributed by atoms with Crippen LogP contribution in [0.1, 0.15) is 17.4 Å². The number of hydrogen-bond acceptors (Lipinski definition) is 5. The van der Waals surface area contributed by atoms with Gasteiger partial charge in [0.15, 0.2) is 5.13 Å². The van der Waals surface area contributed by atoms with Crippen LogP contribution in [-0.4, -0.2) is 37.0 Å². The third-order valence-corrected chi connectivity index (χ3v) is 5.17. The largest absolute Gasteiger partial charge is 0.281 e. The van der Waals surface area contributed by atoms with E-state index in [2.05, 4.69) is 15.2 Å². The molecule has 8 heteroatoms. The van der Waals surface area contributed by atoms with Crippen molar-refractivity contribution in [2.75, 3.05) is 11.4 Å². The SMILES string of the molecule is CCn1nccc1C(=O)N(CCn1cccn1)c1nc2ccccc2s1. The molecule has 0 atom stereocenters. The highest BCUT2D eigenvalue weighted by molar-refractivity contribution is 7.22. The molecule has 26 heavy (non-hydrogen) atoms. The van der Waals surface area contributed by atoms with Gasteiger partial charge in [-0.1, -0.05) is 23.5 Å². The zero-order chi connectivity index (χ0) is 17.9. The average molecular weight is 366 g/mol. The molecular weight excluding hydrogens is 348 g/mol. The third kappa shape index (κ3) is 3.11. The predicted octanol–water partition coefficient (Wildman–Crippen LogP) is 3.06. The Morgan fingerprint density at radius 2 is 2.04 bits per heavy atom. The summed E-state index contributed by atoms with van der Waals surface area (Å²) in [6, 6.07) is 11.5. The van der Waals surface area contributed by atoms with Gasteiger partial charge >= 0.3 is 0 Å². The number of carbonyl (C=O) groups excluding carboxylic acids is 1. The Bertz CT molecular complexity index is 986. The molecule has 0 saturated heterocycles. The van der Waals surface area contributed by atoms with E-state index in [1.54, 1.807) is 28.0 Å². The maximum atomic E-state index is 13.2. The topological polar surface area (TPSA) is 68.8 Å². The molecule has 3 heterocycles. The number of carbonyl (C=O) groups is 1. The molecule has 1 aromatic carbocycles. The van der Waals surface area contributed by atoms with Gasteiger partial charge in [-0.25, -0.2) is 4.98 Å². The van der Waals surface area contributed by atoms with Crippen molar-refractivity contribution in [2.24, 2.45) is 0 Å². The summed E-state index contributed by atoms with van der Waals surface area (Å²) in [4.78, 5) is 19.6. The number of thiazole rings is 1. The Balaban J connectivity index is 1.69. The summed E-state index contributed by atoms with van der Waals surface area (Å²) in [5.41, 5.74) is 1.46. The van der Waals surface area contributed by atoms with Gasteiger partial charge in [0.05, 0.1) is 16.8 Å². The number of aromatic nitrogens is 5. The first-order valence-corrected chi connectivity index (χ1v) is 9.24. The summed E-state index contributed by atoms with van der Waals surface area (Å²) in [6.45, 7) is 3.68. The number of rotatable bonds is 6. The lowest BCUT2D eigenvalue weighted by molar-refractivity contribution is 0.0975. The summed E-state index contributed by atoms with van der Waals surface area (Å²) in [6.07, 6.45) is 5.27. The Kier molecular flexibility index (Phi) is 4.49. The average Bonchev–Trinajstić information content (AvgIpc) is 3.40. The fraction of sp³-hybridized carbons (Fsp3) is 0.222. The second kappa shape index (κ2) is 7.09. The first-order valence-electron chi connectivity index (χ1n) is 8.43. The molecule has 132 valence electrons. The second-order valence-corrected chi connectivity index (χ2v) is 6.73. The molecule has 3 aromatic heterocycles. The van der Waals surface area contributed by atoms with Crippen LogP contribution in [-0.2, 0) is 13.1 Å². The lowest BCUT2D eigenvalue weighted by atomic mass is 10.3. The Morgan fingerprint density at radius 3 is 2.81 bits per heavy atom. The molecule has 0 unspecified atom stereocenters. The molecule has 0 fully saturated rings. The van der Waals surface area contributed by atoms with E-state index in [9.17, 15) is 4.79 Å². The fourth-order valence-electron chi connectivity index (χ4n) is 2.80. The molecule has 1 amide bonds. The quantitative estimate of drug-likeness (QED) is 0.526. The lowest BCUT2D eigenvalue weighted by Gasteiger charge is -2.20. The predicted molar refractivity (Wildman–Crippen MR) is 101 cm³/mol. The summed E-state index contributed by atoms with van der Waals surface area (Å²) in [5.74, 6) is -0.101. The molecule has 4 aromatic rings. The summed E-state index contributed by atoms with van der Waals surface area (Å²) < 4.78 is 4.57. The minimum absolute atomic E-state index is 0.101. The van der Waals surface area contributed by atoms with E-state index in [4.69, 9.17) is 0 Å². The van der Waals surface area contributed by atoms with Gasteiger partial charge in [-0.05, 0) is 31.2 Å². The highest BCUT2D eigenvalue weighted by Gasteiger charge is 2.23. The van der Waals surface area contributed by atoms with Crippen LogP contribution in [0, 0.1) is 0 Å². The maximum Gasteiger partial charge on any atom is 0.278 e. The molecule has 0 spiro atoms. The molecule has 0 N–H and O–H groups in total. The van der Waals surface area contributed by atoms with Crippen LogP contribution in [0.4, 0.5) is 5.13 Å². The summed E-state index contributed by atoms with van der Waals surface area (Å²) in [7, 11) is 0. The van der Waals surface area contributed by atoms with Crippen molar-refractivity contribution >= 4 is 32.6 Å². The van der Waals surface area contributed by atoms with E-state index < -0.39 is 0 Å². The van der Waals surface area contributed by atoms with E-state index in [0.717, 1.165) is 10.2 Å². The van der Waals surface area contributed by atoms with Gasteiger partial charge in [-0.15, -0.1) is 0 Å². The Hall–Kier alpha value is -3.00. The fourth-order valence-corrected chi connectivity index (χ4v) is 3.79. The van der Waals surface area contributed by atoms with E-state index >= 15 is 0 Å². The molecular formula is C18H18N6OS. The van der Waals surface area contributed by atoms with Crippen LogP contribution in [0.25, 0.3) is 10.2 Å². The van der Waals surface area contributed by atoms with E-state index in [1.807, 2.05) is 48.1 Å². The maximum absolute atomic E-state index is 13.2. The summed E-state index contributed by atoms with van der Waals surface area (Å²) >= 11 is 1.52. The number of para-hydroxylation sites is 1. The Labute approximate surface area is 154 Å². The van der Waals surface area contributed by atoms with E-state index in [0.29, 0.717) is 30.5 Å². The van der Waals surface area contributed by atoms with Gasteiger partial charge < -0.3 is 0 Å². The number of anilines is 1. The summed E-state index contributed by atoms with van der Waals surface area (Å²) in [5, 5.41) is 9.13. The van der Waals surface area contributed by atoms with Crippen molar-refractivity contribution in [3.8, 4) is 0 Å². The first-order chi connectivity index (χ1) is 12.8. The van der Waals surface area contributed by atoms with Crippen molar-refractivity contribution < 1.29 is 4.79 Å². The van der Waals surface area contributed by atoms with Crippen molar-refractivity contribution in [1.29, 1.82) is 0 Å². The van der Waals surface area contributed by atoms with Crippen molar-refractivity contribution in [1.82, 2.24) is 24.5 Å². The highest BCUT2D eigenvalue weighted by atomic mass is 32.1. The van der Waals surface area contributed by atoms with Crippen LogP contribution < -0.4 is 4.90 Å². The van der Waals surface area contributed by atoms with Crippen LogP contribution >= 0.6 is 11.3 Å². The smallest absolute Gasteiger partial charge is 0.278 e. The van der Waals surface area contributed by atoms with Crippen molar-refractivity contribution in [3.05, 3.63) is 60.7 Å². The molecule has 0 bridgehead atoms. The zero-order valence-electron chi connectivity index (χ0n) is 14.3. The minimum atomic E-state index is -0.101. The Morgan fingerprint density at radius 1 is 1.15 bits per heavy atom. The molecule has 7 nitrogen and oxygen atoms in total. The minimum Gasteiger partial charge on any atom is -0.281 e. The van der Waals surface area contributed by atoms with Crippen LogP contribution in [0.3, 0.4) is 0 Å². The molecule has 4 rings (SSSR count). The standard InChI is InChI=1S/C18H18N6OS/c1-2-24-15(8-10-20-24)17(25)23(13-12-22-11-5-9-19-22)18-21-14-6-3-4-7-16(14)26-18/h3-11H,2,12-13H2,1H3. The second-order valence-electron chi connectivity index (χ2n) is 5.72. The van der Waals surface area contributed by atoms with Crippen LogP contribution in [0.2, 0.25) is 0 Å². The number of hydrogen-bond donors (Lipinski definition) is 0. The monoisotopic (exact) mass is 366 g/mol. The van der Waals surface area contributed by atoms with E-state index in [1.165, 1.54) is 11.3 Å². The lowest BCUT2D eigenvalue weighted by Crippen LogP contribution is -2.35. The van der Waals surface area contributed by atoms with Crippen LogP contribution in [0.5, 0.6) is 0 Å². The van der Waals surface area contributed by atoms with Gasteiger partial charge in [-0.3, -0.25) is 19.1 Å². The third-order valence-electron chi connectivity index (χ3n) is 4.11.